The highest BCUT2D eigenvalue weighted by molar-refractivity contribution is 7.91. The van der Waals surface area contributed by atoms with E-state index in [1.807, 2.05) is 0 Å². The maximum Gasteiger partial charge on any atom is 0.153 e. The lowest BCUT2D eigenvalue weighted by Gasteiger charge is -2.43. The first-order valence-electron chi connectivity index (χ1n) is 5.87. The van der Waals surface area contributed by atoms with Crippen molar-refractivity contribution in [3.63, 3.8) is 0 Å². The highest BCUT2D eigenvalue weighted by atomic mass is 32.2. The quantitative estimate of drug-likeness (QED) is 0.597. The summed E-state index contributed by atoms with van der Waals surface area (Å²) in [7, 11) is -2.80. The van der Waals surface area contributed by atoms with E-state index in [-0.39, 0.29) is 12.1 Å². The lowest BCUT2D eigenvalue weighted by atomic mass is 9.86. The molecular formula is C10H18N2O2S. The van der Waals surface area contributed by atoms with E-state index in [1.54, 1.807) is 0 Å². The van der Waals surface area contributed by atoms with Gasteiger partial charge in [0.2, 0.25) is 0 Å². The minimum Gasteiger partial charge on any atom is -0.307 e. The number of rotatable bonds is 0. The molecule has 2 aliphatic heterocycles. The Bertz CT molecular complexity index is 326. The zero-order chi connectivity index (χ0) is 10.5. The Morgan fingerprint density at radius 3 is 1.73 bits per heavy atom. The Hall–Kier alpha value is -0.130. The molecule has 0 bridgehead atoms. The van der Waals surface area contributed by atoms with Crippen LogP contribution in [-0.4, -0.2) is 44.1 Å². The molecule has 4 atom stereocenters. The highest BCUT2D eigenvalue weighted by Gasteiger charge is 2.44. The van der Waals surface area contributed by atoms with Crippen molar-refractivity contribution < 1.29 is 8.42 Å². The molecule has 3 aliphatic rings. The summed E-state index contributed by atoms with van der Waals surface area (Å²) in [6, 6.07) is 1.34. The molecule has 0 aromatic rings. The van der Waals surface area contributed by atoms with Crippen molar-refractivity contribution in [3.8, 4) is 0 Å². The molecule has 0 aromatic heterocycles. The Kier molecular flexibility index (Phi) is 2.30. The predicted molar refractivity (Wildman–Crippen MR) is 58.5 cm³/mol. The second-order valence-electron chi connectivity index (χ2n) is 5.12. The standard InChI is InChI=1S/C10H18N2O2S/c13-15(14)5-9-10(6-15)12-8-4-2-1-3-7(8)11-9/h7-12H,1-6H2/t7-,8+,9+,10-. The Morgan fingerprint density at radius 2 is 1.27 bits per heavy atom. The zero-order valence-electron chi connectivity index (χ0n) is 8.78. The maximum atomic E-state index is 11.5. The molecule has 2 N–H and O–H groups in total. The van der Waals surface area contributed by atoms with Gasteiger partial charge in [0.15, 0.2) is 9.84 Å². The van der Waals surface area contributed by atoms with E-state index in [2.05, 4.69) is 10.6 Å². The number of piperazine rings is 1. The van der Waals surface area contributed by atoms with Gasteiger partial charge in [-0.3, -0.25) is 0 Å². The first-order chi connectivity index (χ1) is 7.14. The summed E-state index contributed by atoms with van der Waals surface area (Å²) >= 11 is 0. The van der Waals surface area contributed by atoms with E-state index >= 15 is 0 Å². The zero-order valence-corrected chi connectivity index (χ0v) is 9.59. The molecule has 0 aromatic carbocycles. The number of hydrogen-bond acceptors (Lipinski definition) is 4. The van der Waals surface area contributed by atoms with Gasteiger partial charge in [-0.25, -0.2) is 8.42 Å². The van der Waals surface area contributed by atoms with Crippen LogP contribution >= 0.6 is 0 Å². The van der Waals surface area contributed by atoms with Gasteiger partial charge >= 0.3 is 0 Å². The van der Waals surface area contributed by atoms with Gasteiger partial charge in [-0.1, -0.05) is 12.8 Å². The molecule has 1 aliphatic carbocycles. The molecule has 0 unspecified atom stereocenters. The molecule has 15 heavy (non-hydrogen) atoms. The van der Waals surface area contributed by atoms with Crippen molar-refractivity contribution in [2.75, 3.05) is 11.5 Å². The summed E-state index contributed by atoms with van der Waals surface area (Å²) in [5.74, 6) is 0.655. The van der Waals surface area contributed by atoms with Crippen molar-refractivity contribution in [1.29, 1.82) is 0 Å². The summed E-state index contributed by atoms with van der Waals surface area (Å²) in [5.41, 5.74) is 0. The molecule has 1 saturated carbocycles. The molecule has 86 valence electrons. The van der Waals surface area contributed by atoms with Crippen molar-refractivity contribution in [1.82, 2.24) is 10.6 Å². The fourth-order valence-corrected chi connectivity index (χ4v) is 5.14. The van der Waals surface area contributed by atoms with Crippen LogP contribution in [0, 0.1) is 0 Å². The van der Waals surface area contributed by atoms with Gasteiger partial charge in [-0.05, 0) is 12.8 Å². The van der Waals surface area contributed by atoms with E-state index in [1.165, 1.54) is 25.7 Å². The van der Waals surface area contributed by atoms with Gasteiger partial charge in [0.05, 0.1) is 11.5 Å². The third-order valence-corrected chi connectivity index (χ3v) is 5.71. The van der Waals surface area contributed by atoms with E-state index in [0.717, 1.165) is 0 Å². The molecule has 3 fully saturated rings. The van der Waals surface area contributed by atoms with Gasteiger partial charge in [0, 0.05) is 24.2 Å². The lowest BCUT2D eigenvalue weighted by Crippen LogP contribution is -2.66. The predicted octanol–water partition coefficient (Wildman–Crippen LogP) is -0.344. The molecule has 0 radical (unpaired) electrons. The molecule has 4 nitrogen and oxygen atoms in total. The minimum absolute atomic E-state index is 0.161. The molecule has 0 spiro atoms. The van der Waals surface area contributed by atoms with Gasteiger partial charge in [-0.2, -0.15) is 0 Å². The summed E-state index contributed by atoms with van der Waals surface area (Å²) in [5, 5.41) is 7.06. The summed E-state index contributed by atoms with van der Waals surface area (Å²) in [4.78, 5) is 0. The fourth-order valence-electron chi connectivity index (χ4n) is 3.26. The average Bonchev–Trinajstić information content (AvgIpc) is 2.46. The van der Waals surface area contributed by atoms with Crippen LogP contribution < -0.4 is 10.6 Å². The molecule has 3 rings (SSSR count). The van der Waals surface area contributed by atoms with E-state index < -0.39 is 9.84 Å². The first-order valence-corrected chi connectivity index (χ1v) is 7.69. The van der Waals surface area contributed by atoms with Crippen molar-refractivity contribution in [3.05, 3.63) is 0 Å². The monoisotopic (exact) mass is 230 g/mol. The highest BCUT2D eigenvalue weighted by Crippen LogP contribution is 2.26. The van der Waals surface area contributed by atoms with Crippen molar-refractivity contribution in [2.24, 2.45) is 0 Å². The van der Waals surface area contributed by atoms with Gasteiger partial charge in [0.25, 0.3) is 0 Å². The van der Waals surface area contributed by atoms with Gasteiger partial charge in [-0.15, -0.1) is 0 Å². The van der Waals surface area contributed by atoms with Crippen LogP contribution in [0.3, 0.4) is 0 Å². The van der Waals surface area contributed by atoms with E-state index in [0.29, 0.717) is 23.6 Å². The summed E-state index contributed by atoms with van der Waals surface area (Å²) in [6.07, 6.45) is 4.95. The van der Waals surface area contributed by atoms with Gasteiger partial charge < -0.3 is 10.6 Å². The Morgan fingerprint density at radius 1 is 0.800 bits per heavy atom. The molecule has 2 heterocycles. The summed E-state index contributed by atoms with van der Waals surface area (Å²) in [6.45, 7) is 0. The second-order valence-corrected chi connectivity index (χ2v) is 7.27. The molecule has 2 saturated heterocycles. The molecular weight excluding hydrogens is 212 g/mol. The van der Waals surface area contributed by atoms with E-state index in [9.17, 15) is 8.42 Å². The van der Waals surface area contributed by atoms with Crippen molar-refractivity contribution in [2.45, 2.75) is 49.9 Å². The molecule has 0 amide bonds. The third-order valence-electron chi connectivity index (χ3n) is 3.97. The van der Waals surface area contributed by atoms with Crippen LogP contribution in [0.1, 0.15) is 25.7 Å². The van der Waals surface area contributed by atoms with Crippen molar-refractivity contribution >= 4 is 9.84 Å². The van der Waals surface area contributed by atoms with Crippen LogP contribution in [0.5, 0.6) is 0 Å². The Balaban J connectivity index is 1.77. The summed E-state index contributed by atoms with van der Waals surface area (Å²) < 4.78 is 23.0. The van der Waals surface area contributed by atoms with Crippen LogP contribution in [-0.2, 0) is 9.84 Å². The Labute approximate surface area is 90.7 Å². The fraction of sp³-hybridized carbons (Fsp3) is 1.00. The van der Waals surface area contributed by atoms with Gasteiger partial charge in [0.1, 0.15) is 0 Å². The largest absolute Gasteiger partial charge is 0.307 e. The number of hydrogen-bond donors (Lipinski definition) is 2. The van der Waals surface area contributed by atoms with Crippen LogP contribution in [0.25, 0.3) is 0 Å². The number of nitrogens with one attached hydrogen (secondary N) is 2. The second kappa shape index (κ2) is 3.43. The SMILES string of the molecule is O=S1(=O)C[C@@H]2N[C@@H]3CCCC[C@@H]3N[C@@H]2C1. The molecule has 5 heteroatoms. The van der Waals surface area contributed by atoms with Crippen LogP contribution in [0.15, 0.2) is 0 Å². The number of fused-ring (bicyclic) bond motifs is 2. The lowest BCUT2D eigenvalue weighted by molar-refractivity contribution is 0.191. The number of sulfone groups is 1. The maximum absolute atomic E-state index is 11.5. The average molecular weight is 230 g/mol. The topological polar surface area (TPSA) is 58.2 Å². The normalized spacial score (nSPS) is 48.3. The van der Waals surface area contributed by atoms with E-state index in [4.69, 9.17) is 0 Å². The minimum atomic E-state index is -2.80. The van der Waals surface area contributed by atoms with Crippen LogP contribution in [0.2, 0.25) is 0 Å². The van der Waals surface area contributed by atoms with Crippen LogP contribution in [0.4, 0.5) is 0 Å². The smallest absolute Gasteiger partial charge is 0.153 e. The third kappa shape index (κ3) is 1.81. The first kappa shape index (κ1) is 10.1.